The standard InChI is InChI=1S/C10H17N3/c1-3-5-8-6-9(11)10(7-13-8)12-4-2/h6-7,12H,3-5H2,1-2H3,(H2,11,13). The second-order valence-corrected chi connectivity index (χ2v) is 3.04. The van der Waals surface area contributed by atoms with Crippen LogP contribution in [0.2, 0.25) is 0 Å². The first kappa shape index (κ1) is 9.84. The minimum atomic E-state index is 0.792. The molecule has 1 heterocycles. The summed E-state index contributed by atoms with van der Waals surface area (Å²) >= 11 is 0. The van der Waals surface area contributed by atoms with Crippen LogP contribution < -0.4 is 11.1 Å². The first-order valence-corrected chi connectivity index (χ1v) is 4.76. The Morgan fingerprint density at radius 1 is 1.46 bits per heavy atom. The average molecular weight is 179 g/mol. The highest BCUT2D eigenvalue weighted by Crippen LogP contribution is 2.17. The van der Waals surface area contributed by atoms with Gasteiger partial charge < -0.3 is 11.1 Å². The number of rotatable bonds is 4. The quantitative estimate of drug-likeness (QED) is 0.743. The number of nitrogen functional groups attached to an aromatic ring is 1. The zero-order chi connectivity index (χ0) is 9.68. The fourth-order valence-electron chi connectivity index (χ4n) is 1.25. The van der Waals surface area contributed by atoms with E-state index in [0.717, 1.165) is 36.5 Å². The number of nitrogens with one attached hydrogen (secondary N) is 1. The van der Waals surface area contributed by atoms with E-state index in [4.69, 9.17) is 5.73 Å². The lowest BCUT2D eigenvalue weighted by molar-refractivity contribution is 0.883. The number of nitrogens with two attached hydrogens (primary N) is 1. The second kappa shape index (κ2) is 4.70. The van der Waals surface area contributed by atoms with Gasteiger partial charge in [0.05, 0.1) is 17.6 Å². The van der Waals surface area contributed by atoms with E-state index in [-0.39, 0.29) is 0 Å². The van der Waals surface area contributed by atoms with Crippen LogP contribution in [-0.4, -0.2) is 11.5 Å². The van der Waals surface area contributed by atoms with Crippen molar-refractivity contribution >= 4 is 11.4 Å². The molecule has 0 atom stereocenters. The summed E-state index contributed by atoms with van der Waals surface area (Å²) in [5.74, 6) is 0. The Hall–Kier alpha value is -1.25. The monoisotopic (exact) mass is 179 g/mol. The van der Waals surface area contributed by atoms with Gasteiger partial charge in [-0.05, 0) is 19.4 Å². The van der Waals surface area contributed by atoms with Gasteiger partial charge in [0.25, 0.3) is 0 Å². The molecule has 0 aliphatic heterocycles. The Kier molecular flexibility index (Phi) is 3.55. The summed E-state index contributed by atoms with van der Waals surface area (Å²) in [4.78, 5) is 4.31. The minimum Gasteiger partial charge on any atom is -0.397 e. The molecular weight excluding hydrogens is 162 g/mol. The molecule has 1 aromatic heterocycles. The van der Waals surface area contributed by atoms with Crippen LogP contribution in [0.25, 0.3) is 0 Å². The SMILES string of the molecule is CCCc1cc(N)c(NCC)cn1. The van der Waals surface area contributed by atoms with Gasteiger partial charge in [0, 0.05) is 12.2 Å². The van der Waals surface area contributed by atoms with Crippen LogP contribution in [0.1, 0.15) is 26.0 Å². The van der Waals surface area contributed by atoms with Crippen molar-refractivity contribution in [3.8, 4) is 0 Å². The summed E-state index contributed by atoms with van der Waals surface area (Å²) in [7, 11) is 0. The average Bonchev–Trinajstić information content (AvgIpc) is 2.10. The Morgan fingerprint density at radius 3 is 2.77 bits per heavy atom. The van der Waals surface area contributed by atoms with E-state index in [1.54, 1.807) is 0 Å². The smallest absolute Gasteiger partial charge is 0.0760 e. The topological polar surface area (TPSA) is 50.9 Å². The van der Waals surface area contributed by atoms with E-state index in [9.17, 15) is 0 Å². The molecule has 0 aromatic carbocycles. The van der Waals surface area contributed by atoms with Gasteiger partial charge in [0.15, 0.2) is 0 Å². The first-order chi connectivity index (χ1) is 6.27. The van der Waals surface area contributed by atoms with E-state index in [1.807, 2.05) is 19.2 Å². The number of aromatic nitrogens is 1. The van der Waals surface area contributed by atoms with Crippen LogP contribution in [0.5, 0.6) is 0 Å². The van der Waals surface area contributed by atoms with Crippen LogP contribution in [0.4, 0.5) is 11.4 Å². The number of aryl methyl sites for hydroxylation is 1. The molecule has 0 radical (unpaired) electrons. The van der Waals surface area contributed by atoms with Crippen LogP contribution in [0.15, 0.2) is 12.3 Å². The number of nitrogens with zero attached hydrogens (tertiary/aromatic N) is 1. The lowest BCUT2D eigenvalue weighted by atomic mass is 10.2. The van der Waals surface area contributed by atoms with E-state index in [0.29, 0.717) is 0 Å². The van der Waals surface area contributed by atoms with Crippen molar-refractivity contribution in [2.45, 2.75) is 26.7 Å². The maximum Gasteiger partial charge on any atom is 0.0760 e. The van der Waals surface area contributed by atoms with Gasteiger partial charge >= 0.3 is 0 Å². The first-order valence-electron chi connectivity index (χ1n) is 4.76. The molecule has 0 aliphatic carbocycles. The van der Waals surface area contributed by atoms with Gasteiger partial charge in [0.2, 0.25) is 0 Å². The van der Waals surface area contributed by atoms with Gasteiger partial charge in [-0.2, -0.15) is 0 Å². The third-order valence-corrected chi connectivity index (χ3v) is 1.87. The molecule has 0 bridgehead atoms. The molecule has 0 aliphatic rings. The predicted molar refractivity (Wildman–Crippen MR) is 56.8 cm³/mol. The summed E-state index contributed by atoms with van der Waals surface area (Å²) in [6.45, 7) is 5.05. The van der Waals surface area contributed by atoms with Gasteiger partial charge in [-0.1, -0.05) is 13.3 Å². The normalized spacial score (nSPS) is 10.0. The van der Waals surface area contributed by atoms with Crippen molar-refractivity contribution in [1.29, 1.82) is 0 Å². The molecule has 0 saturated heterocycles. The van der Waals surface area contributed by atoms with E-state index in [1.165, 1.54) is 0 Å². The Labute approximate surface area is 79.4 Å². The molecule has 3 heteroatoms. The third kappa shape index (κ3) is 2.61. The lowest BCUT2D eigenvalue weighted by Crippen LogP contribution is -2.03. The van der Waals surface area contributed by atoms with E-state index >= 15 is 0 Å². The van der Waals surface area contributed by atoms with E-state index < -0.39 is 0 Å². The Bertz CT molecular complexity index is 271. The molecule has 3 N–H and O–H groups in total. The molecule has 0 fully saturated rings. The maximum atomic E-state index is 5.84. The molecule has 0 spiro atoms. The molecule has 0 saturated carbocycles. The summed E-state index contributed by atoms with van der Waals surface area (Å²) in [5.41, 5.74) is 8.63. The fourth-order valence-corrected chi connectivity index (χ4v) is 1.25. The zero-order valence-electron chi connectivity index (χ0n) is 8.30. The predicted octanol–water partition coefficient (Wildman–Crippen LogP) is 2.05. The Morgan fingerprint density at radius 2 is 2.23 bits per heavy atom. The van der Waals surface area contributed by atoms with Crippen molar-refractivity contribution < 1.29 is 0 Å². The lowest BCUT2D eigenvalue weighted by Gasteiger charge is -2.07. The van der Waals surface area contributed by atoms with Gasteiger partial charge in [-0.15, -0.1) is 0 Å². The van der Waals surface area contributed by atoms with Crippen molar-refractivity contribution in [2.75, 3.05) is 17.6 Å². The Balaban J connectivity index is 2.79. The van der Waals surface area contributed by atoms with Crippen molar-refractivity contribution in [1.82, 2.24) is 4.98 Å². The van der Waals surface area contributed by atoms with Gasteiger partial charge in [-0.3, -0.25) is 4.98 Å². The molecular formula is C10H17N3. The summed E-state index contributed by atoms with van der Waals surface area (Å²) in [6.07, 6.45) is 3.91. The summed E-state index contributed by atoms with van der Waals surface area (Å²) < 4.78 is 0. The van der Waals surface area contributed by atoms with Crippen LogP contribution in [0.3, 0.4) is 0 Å². The molecule has 3 nitrogen and oxygen atoms in total. The largest absolute Gasteiger partial charge is 0.397 e. The highest BCUT2D eigenvalue weighted by Gasteiger charge is 1.99. The second-order valence-electron chi connectivity index (χ2n) is 3.04. The minimum absolute atomic E-state index is 0.792. The molecule has 0 unspecified atom stereocenters. The third-order valence-electron chi connectivity index (χ3n) is 1.87. The van der Waals surface area contributed by atoms with E-state index in [2.05, 4.69) is 17.2 Å². The highest BCUT2D eigenvalue weighted by atomic mass is 14.9. The number of hydrogen-bond acceptors (Lipinski definition) is 3. The summed E-state index contributed by atoms with van der Waals surface area (Å²) in [6, 6.07) is 1.95. The van der Waals surface area contributed by atoms with Crippen molar-refractivity contribution in [3.63, 3.8) is 0 Å². The maximum absolute atomic E-state index is 5.84. The highest BCUT2D eigenvalue weighted by molar-refractivity contribution is 5.64. The number of anilines is 2. The van der Waals surface area contributed by atoms with Crippen molar-refractivity contribution in [2.24, 2.45) is 0 Å². The molecule has 0 amide bonds. The molecule has 72 valence electrons. The summed E-state index contributed by atoms with van der Waals surface area (Å²) in [5, 5.41) is 3.16. The van der Waals surface area contributed by atoms with Gasteiger partial charge in [-0.25, -0.2) is 0 Å². The molecule has 1 aromatic rings. The molecule has 13 heavy (non-hydrogen) atoms. The number of hydrogen-bond donors (Lipinski definition) is 2. The fraction of sp³-hybridized carbons (Fsp3) is 0.500. The van der Waals surface area contributed by atoms with Crippen molar-refractivity contribution in [3.05, 3.63) is 18.0 Å². The van der Waals surface area contributed by atoms with Crippen LogP contribution in [-0.2, 0) is 6.42 Å². The molecule has 1 rings (SSSR count). The van der Waals surface area contributed by atoms with Gasteiger partial charge in [0.1, 0.15) is 0 Å². The zero-order valence-corrected chi connectivity index (χ0v) is 8.30. The van der Waals surface area contributed by atoms with Crippen LogP contribution in [0, 0.1) is 0 Å². The van der Waals surface area contributed by atoms with Crippen LogP contribution >= 0.6 is 0 Å². The number of pyridine rings is 1.